The SMILES string of the molecule is CC(N)c1cc(C2CC2)n(C)n1. The van der Waals surface area contributed by atoms with E-state index in [1.165, 1.54) is 18.5 Å². The summed E-state index contributed by atoms with van der Waals surface area (Å²) in [6.07, 6.45) is 2.63. The minimum atomic E-state index is 0.0590. The first-order chi connectivity index (χ1) is 5.68. The van der Waals surface area contributed by atoms with Gasteiger partial charge >= 0.3 is 0 Å². The maximum atomic E-state index is 5.74. The van der Waals surface area contributed by atoms with Crippen LogP contribution in [0.1, 0.15) is 43.1 Å². The van der Waals surface area contributed by atoms with E-state index < -0.39 is 0 Å². The van der Waals surface area contributed by atoms with Crippen LogP contribution in [-0.4, -0.2) is 9.78 Å². The van der Waals surface area contributed by atoms with Gasteiger partial charge in [0.2, 0.25) is 0 Å². The zero-order valence-corrected chi connectivity index (χ0v) is 7.62. The number of aromatic nitrogens is 2. The molecule has 0 bridgehead atoms. The van der Waals surface area contributed by atoms with E-state index in [1.54, 1.807) is 0 Å². The van der Waals surface area contributed by atoms with Crippen LogP contribution in [0.5, 0.6) is 0 Å². The molecular formula is C9H15N3. The fourth-order valence-corrected chi connectivity index (χ4v) is 1.49. The van der Waals surface area contributed by atoms with Crippen LogP contribution >= 0.6 is 0 Å². The Morgan fingerprint density at radius 1 is 1.67 bits per heavy atom. The van der Waals surface area contributed by atoms with Crippen molar-refractivity contribution >= 4 is 0 Å². The predicted molar refractivity (Wildman–Crippen MR) is 47.8 cm³/mol. The summed E-state index contributed by atoms with van der Waals surface area (Å²) in [7, 11) is 2.00. The average Bonchev–Trinajstić information content (AvgIpc) is 2.75. The highest BCUT2D eigenvalue weighted by molar-refractivity contribution is 5.20. The van der Waals surface area contributed by atoms with Crippen LogP contribution in [-0.2, 0) is 7.05 Å². The van der Waals surface area contributed by atoms with E-state index in [2.05, 4.69) is 11.2 Å². The molecule has 0 aromatic carbocycles. The summed E-state index contributed by atoms with van der Waals surface area (Å²) >= 11 is 0. The Morgan fingerprint density at radius 2 is 2.33 bits per heavy atom. The van der Waals surface area contributed by atoms with Gasteiger partial charge in [-0.05, 0) is 25.8 Å². The molecule has 2 N–H and O–H groups in total. The molecule has 2 rings (SSSR count). The highest BCUT2D eigenvalue weighted by atomic mass is 15.3. The van der Waals surface area contributed by atoms with Gasteiger partial charge in [0.05, 0.1) is 5.69 Å². The third-order valence-corrected chi connectivity index (χ3v) is 2.40. The van der Waals surface area contributed by atoms with Crippen molar-refractivity contribution in [2.75, 3.05) is 0 Å². The lowest BCUT2D eigenvalue weighted by molar-refractivity contribution is 0.675. The summed E-state index contributed by atoms with van der Waals surface area (Å²) in [6.45, 7) is 1.97. The first-order valence-electron chi connectivity index (χ1n) is 4.48. The maximum Gasteiger partial charge on any atom is 0.0791 e. The number of hydrogen-bond donors (Lipinski definition) is 1. The third kappa shape index (κ3) is 1.25. The molecule has 1 aliphatic rings. The largest absolute Gasteiger partial charge is 0.323 e. The van der Waals surface area contributed by atoms with Crippen molar-refractivity contribution in [1.82, 2.24) is 9.78 Å². The Labute approximate surface area is 72.6 Å². The first-order valence-corrected chi connectivity index (χ1v) is 4.48. The lowest BCUT2D eigenvalue weighted by Crippen LogP contribution is -2.06. The molecule has 0 aliphatic heterocycles. The van der Waals surface area contributed by atoms with Crippen molar-refractivity contribution in [3.05, 3.63) is 17.5 Å². The van der Waals surface area contributed by atoms with Crippen molar-refractivity contribution in [2.24, 2.45) is 12.8 Å². The van der Waals surface area contributed by atoms with Gasteiger partial charge < -0.3 is 5.73 Å². The van der Waals surface area contributed by atoms with Crippen LogP contribution in [0.4, 0.5) is 0 Å². The van der Waals surface area contributed by atoms with Gasteiger partial charge in [-0.25, -0.2) is 0 Å². The van der Waals surface area contributed by atoms with Crippen LogP contribution in [0.2, 0.25) is 0 Å². The quantitative estimate of drug-likeness (QED) is 0.718. The Balaban J connectivity index is 2.30. The molecule has 1 unspecified atom stereocenters. The van der Waals surface area contributed by atoms with E-state index >= 15 is 0 Å². The van der Waals surface area contributed by atoms with Crippen molar-refractivity contribution in [3.8, 4) is 0 Å². The number of nitrogens with two attached hydrogens (primary N) is 1. The van der Waals surface area contributed by atoms with Crippen LogP contribution in [0.15, 0.2) is 6.07 Å². The molecule has 1 aromatic heterocycles. The standard InChI is InChI=1S/C9H15N3/c1-6(10)8-5-9(7-3-4-7)12(2)11-8/h5-7H,3-4,10H2,1-2H3. The van der Waals surface area contributed by atoms with E-state index in [0.29, 0.717) is 0 Å². The first kappa shape index (κ1) is 7.80. The van der Waals surface area contributed by atoms with Gasteiger partial charge in [0.1, 0.15) is 0 Å². The van der Waals surface area contributed by atoms with Gasteiger partial charge in [-0.15, -0.1) is 0 Å². The summed E-state index contributed by atoms with van der Waals surface area (Å²) in [5.41, 5.74) is 8.10. The lowest BCUT2D eigenvalue weighted by Gasteiger charge is -1.96. The van der Waals surface area contributed by atoms with Gasteiger partial charge in [0.15, 0.2) is 0 Å². The van der Waals surface area contributed by atoms with Gasteiger partial charge in [0, 0.05) is 24.7 Å². The van der Waals surface area contributed by atoms with Gasteiger partial charge in [-0.1, -0.05) is 0 Å². The fourth-order valence-electron chi connectivity index (χ4n) is 1.49. The second kappa shape index (κ2) is 2.59. The Hall–Kier alpha value is -0.830. The minimum Gasteiger partial charge on any atom is -0.323 e. The molecule has 0 amide bonds. The van der Waals surface area contributed by atoms with Crippen LogP contribution < -0.4 is 5.73 Å². The Kier molecular flexibility index (Phi) is 1.68. The van der Waals surface area contributed by atoms with Crippen molar-refractivity contribution < 1.29 is 0 Å². The molecule has 0 spiro atoms. The molecular weight excluding hydrogens is 150 g/mol. The molecule has 66 valence electrons. The fraction of sp³-hybridized carbons (Fsp3) is 0.667. The number of hydrogen-bond acceptors (Lipinski definition) is 2. The lowest BCUT2D eigenvalue weighted by atomic mass is 10.2. The summed E-state index contributed by atoms with van der Waals surface area (Å²) in [5.74, 6) is 0.759. The normalized spacial score (nSPS) is 19.6. The average molecular weight is 165 g/mol. The van der Waals surface area contributed by atoms with E-state index in [1.807, 2.05) is 18.7 Å². The second-order valence-corrected chi connectivity index (χ2v) is 3.68. The zero-order chi connectivity index (χ0) is 8.72. The molecule has 1 heterocycles. The smallest absolute Gasteiger partial charge is 0.0791 e. The van der Waals surface area contributed by atoms with Crippen molar-refractivity contribution in [2.45, 2.75) is 31.7 Å². The highest BCUT2D eigenvalue weighted by Gasteiger charge is 2.27. The van der Waals surface area contributed by atoms with Gasteiger partial charge in [-0.2, -0.15) is 5.10 Å². The molecule has 1 saturated carbocycles. The van der Waals surface area contributed by atoms with E-state index in [4.69, 9.17) is 5.73 Å². The second-order valence-electron chi connectivity index (χ2n) is 3.68. The van der Waals surface area contributed by atoms with Gasteiger partial charge in [-0.3, -0.25) is 4.68 Å². The van der Waals surface area contributed by atoms with Crippen molar-refractivity contribution in [3.63, 3.8) is 0 Å². The molecule has 1 aromatic rings. The van der Waals surface area contributed by atoms with E-state index in [9.17, 15) is 0 Å². The molecule has 1 fully saturated rings. The molecule has 3 nitrogen and oxygen atoms in total. The third-order valence-electron chi connectivity index (χ3n) is 2.40. The van der Waals surface area contributed by atoms with Crippen LogP contribution in [0.3, 0.4) is 0 Å². The number of rotatable bonds is 2. The monoisotopic (exact) mass is 165 g/mol. The molecule has 0 saturated heterocycles. The minimum absolute atomic E-state index is 0.0590. The number of nitrogens with zero attached hydrogens (tertiary/aromatic N) is 2. The van der Waals surface area contributed by atoms with Gasteiger partial charge in [0.25, 0.3) is 0 Å². The predicted octanol–water partition coefficient (Wildman–Crippen LogP) is 1.32. The summed E-state index contributed by atoms with van der Waals surface area (Å²) in [5, 5.41) is 4.36. The molecule has 3 heteroatoms. The number of aryl methyl sites for hydroxylation is 1. The van der Waals surface area contributed by atoms with Crippen LogP contribution in [0.25, 0.3) is 0 Å². The summed E-state index contributed by atoms with van der Waals surface area (Å²) in [4.78, 5) is 0. The molecule has 12 heavy (non-hydrogen) atoms. The molecule has 1 atom stereocenters. The summed E-state index contributed by atoms with van der Waals surface area (Å²) in [6, 6.07) is 2.20. The Morgan fingerprint density at radius 3 is 2.75 bits per heavy atom. The highest BCUT2D eigenvalue weighted by Crippen LogP contribution is 2.40. The maximum absolute atomic E-state index is 5.74. The molecule has 0 radical (unpaired) electrons. The van der Waals surface area contributed by atoms with E-state index in [-0.39, 0.29) is 6.04 Å². The topological polar surface area (TPSA) is 43.8 Å². The Bertz CT molecular complexity index is 284. The van der Waals surface area contributed by atoms with Crippen molar-refractivity contribution in [1.29, 1.82) is 0 Å². The zero-order valence-electron chi connectivity index (χ0n) is 7.62. The van der Waals surface area contributed by atoms with E-state index in [0.717, 1.165) is 11.6 Å². The summed E-state index contributed by atoms with van der Waals surface area (Å²) < 4.78 is 1.97. The van der Waals surface area contributed by atoms with Crippen LogP contribution in [0, 0.1) is 0 Å². The molecule has 1 aliphatic carbocycles.